The molecule has 3 heterocycles. The van der Waals surface area contributed by atoms with E-state index in [4.69, 9.17) is 4.74 Å². The summed E-state index contributed by atoms with van der Waals surface area (Å²) in [5.41, 5.74) is -2.24. The van der Waals surface area contributed by atoms with Gasteiger partial charge in [0.2, 0.25) is 11.6 Å². The molecule has 45 heavy (non-hydrogen) atoms. The smallest absolute Gasteiger partial charge is 0.731 e. The predicted octanol–water partition coefficient (Wildman–Crippen LogP) is -7.30. The van der Waals surface area contributed by atoms with Crippen molar-refractivity contribution in [3.05, 3.63) is 0 Å². The summed E-state index contributed by atoms with van der Waals surface area (Å²) in [6, 6.07) is -3.50. The number of likely N-dealkylation sites (N-methyl/N-ethyl adjacent to an activating group) is 2. The van der Waals surface area contributed by atoms with Gasteiger partial charge in [0.15, 0.2) is 10.3 Å². The molecular formula is C23H33N8NaO12S. The molecule has 3 N–H and O–H groups in total. The number of methoxy groups -OCH3 is 1. The standard InChI is InChI=1S/C23H34N8O12S.Na/c1-4-27-9-11-29(18(35)16(27)33)21(38)24-8-6-7-14(25-22(39)30-12-10-28(5-2)17(34)19(30)36)15(32)26-23(43-3)13-31(20(23)37)44(40,41)42;/h14H,4-13H2,1-3H3,(H,24,38)(H,25,39)(H,26,32)(H,40,41,42);/q;+1/p-1. The number of hydrogen-bond acceptors (Lipinski definition) is 12. The minimum absolute atomic E-state index is 0. The number of imide groups is 2. The van der Waals surface area contributed by atoms with Crippen LogP contribution >= 0.6 is 0 Å². The molecule has 0 bridgehead atoms. The Balaban J connectivity index is 0.00000705. The van der Waals surface area contributed by atoms with Crippen molar-refractivity contribution in [3.8, 4) is 0 Å². The first-order chi connectivity index (χ1) is 20.6. The van der Waals surface area contributed by atoms with Crippen LogP contribution in [-0.2, 0) is 43.8 Å². The second kappa shape index (κ2) is 15.3. The minimum Gasteiger partial charge on any atom is -0.731 e. The van der Waals surface area contributed by atoms with Crippen molar-refractivity contribution in [2.24, 2.45) is 0 Å². The molecule has 20 nitrogen and oxygen atoms in total. The van der Waals surface area contributed by atoms with Gasteiger partial charge in [0.1, 0.15) is 6.04 Å². The molecular weight excluding hydrogens is 635 g/mol. The molecule has 0 aromatic rings. The molecule has 0 aromatic carbocycles. The second-order valence-electron chi connectivity index (χ2n) is 9.85. The average Bonchev–Trinajstić information content (AvgIpc) is 2.97. The Kier molecular flexibility index (Phi) is 12.8. The summed E-state index contributed by atoms with van der Waals surface area (Å²) in [6.07, 6.45) is -0.282. The van der Waals surface area contributed by atoms with Gasteiger partial charge in [0.05, 0.1) is 6.54 Å². The topological polar surface area (TPSA) is 255 Å². The fourth-order valence-corrected chi connectivity index (χ4v) is 5.34. The monoisotopic (exact) mass is 668 g/mol. The van der Waals surface area contributed by atoms with Crippen LogP contribution in [0.1, 0.15) is 26.7 Å². The van der Waals surface area contributed by atoms with Gasteiger partial charge in [-0.05, 0) is 26.7 Å². The van der Waals surface area contributed by atoms with Crippen LogP contribution in [0.15, 0.2) is 0 Å². The Morgan fingerprint density at radius 2 is 1.40 bits per heavy atom. The summed E-state index contributed by atoms with van der Waals surface area (Å²) in [6.45, 7) is 2.84. The zero-order valence-electron chi connectivity index (χ0n) is 25.2. The van der Waals surface area contributed by atoms with Gasteiger partial charge in [-0.1, -0.05) is 0 Å². The van der Waals surface area contributed by atoms with E-state index in [9.17, 15) is 51.3 Å². The van der Waals surface area contributed by atoms with E-state index in [1.807, 2.05) is 0 Å². The molecule has 0 aliphatic carbocycles. The molecule has 0 radical (unpaired) electrons. The summed E-state index contributed by atoms with van der Waals surface area (Å²) in [4.78, 5) is 104. The van der Waals surface area contributed by atoms with Gasteiger partial charge < -0.3 is 35.0 Å². The van der Waals surface area contributed by atoms with Crippen LogP contribution < -0.4 is 45.5 Å². The van der Waals surface area contributed by atoms with Gasteiger partial charge in [-0.15, -0.1) is 0 Å². The van der Waals surface area contributed by atoms with Crippen molar-refractivity contribution < 1.29 is 85.6 Å². The van der Waals surface area contributed by atoms with Gasteiger partial charge >= 0.3 is 65.2 Å². The summed E-state index contributed by atoms with van der Waals surface area (Å²) in [7, 11) is -4.22. The predicted molar refractivity (Wildman–Crippen MR) is 142 cm³/mol. The number of rotatable bonds is 11. The zero-order valence-corrected chi connectivity index (χ0v) is 28.0. The van der Waals surface area contributed by atoms with Crippen LogP contribution in [0, 0.1) is 0 Å². The number of carbonyl (C=O) groups is 8. The molecule has 0 spiro atoms. The fraction of sp³-hybridized carbons (Fsp3) is 0.652. The maximum atomic E-state index is 13.2. The van der Waals surface area contributed by atoms with Crippen molar-refractivity contribution in [1.29, 1.82) is 0 Å². The third-order valence-electron chi connectivity index (χ3n) is 7.31. The Hall–Kier alpha value is -3.37. The number of nitrogens with zero attached hydrogens (tertiary/aromatic N) is 5. The van der Waals surface area contributed by atoms with E-state index < -0.39 is 76.1 Å². The molecule has 3 fully saturated rings. The van der Waals surface area contributed by atoms with E-state index in [0.29, 0.717) is 11.4 Å². The van der Waals surface area contributed by atoms with E-state index in [0.717, 1.165) is 12.0 Å². The van der Waals surface area contributed by atoms with E-state index >= 15 is 0 Å². The molecule has 3 rings (SSSR count). The van der Waals surface area contributed by atoms with Crippen molar-refractivity contribution in [3.63, 3.8) is 0 Å². The van der Waals surface area contributed by atoms with Gasteiger partial charge in [-0.3, -0.25) is 38.6 Å². The number of hydrogen-bond donors (Lipinski definition) is 3. The third kappa shape index (κ3) is 8.08. The first kappa shape index (κ1) is 37.8. The number of piperazine rings is 2. The van der Waals surface area contributed by atoms with Crippen LogP contribution in [0.4, 0.5) is 9.59 Å². The SMILES string of the molecule is CCN1CCN(C(=O)NCCCC(NC(=O)N2CCN(CC)C(=O)C2=O)C(=O)NC2(OC)CN(S(=O)(=O)[O-])C2=O)C(=O)C1=O.[Na+]. The summed E-state index contributed by atoms with van der Waals surface area (Å²) < 4.78 is 38.7. The maximum absolute atomic E-state index is 13.2. The zero-order chi connectivity index (χ0) is 33.0. The normalized spacial score (nSPS) is 21.2. The second-order valence-corrected chi connectivity index (χ2v) is 11.1. The molecule has 244 valence electrons. The summed E-state index contributed by atoms with van der Waals surface area (Å²) in [5.74, 6) is -6.36. The molecule has 0 aromatic heterocycles. The number of nitrogens with one attached hydrogen (secondary N) is 3. The quantitative estimate of drug-likeness (QED) is 0.0464. The van der Waals surface area contributed by atoms with Crippen LogP contribution in [0.3, 0.4) is 0 Å². The van der Waals surface area contributed by atoms with Gasteiger partial charge in [0, 0.05) is 52.9 Å². The molecule has 3 aliphatic rings. The first-order valence-electron chi connectivity index (χ1n) is 13.6. The third-order valence-corrected chi connectivity index (χ3v) is 8.15. The van der Waals surface area contributed by atoms with E-state index in [1.54, 1.807) is 13.8 Å². The van der Waals surface area contributed by atoms with Gasteiger partial charge in [0.25, 0.3) is 5.91 Å². The number of ether oxygens (including phenoxy) is 1. The number of amides is 10. The first-order valence-corrected chi connectivity index (χ1v) is 14.9. The fourth-order valence-electron chi connectivity index (χ4n) is 4.65. The van der Waals surface area contributed by atoms with E-state index in [2.05, 4.69) is 16.0 Å². The number of urea groups is 2. The molecule has 22 heteroatoms. The van der Waals surface area contributed by atoms with Crippen LogP contribution in [-0.4, -0.2) is 156 Å². The van der Waals surface area contributed by atoms with Crippen LogP contribution in [0.25, 0.3) is 0 Å². The average molecular weight is 669 g/mol. The number of carbonyl (C=O) groups excluding carboxylic acids is 8. The molecule has 10 amide bonds. The van der Waals surface area contributed by atoms with Crippen molar-refractivity contribution in [1.82, 2.24) is 39.9 Å². The summed E-state index contributed by atoms with van der Waals surface area (Å²) >= 11 is 0. The Labute approximate surface area is 280 Å². The van der Waals surface area contributed by atoms with Crippen molar-refractivity contribution in [2.75, 3.05) is 59.5 Å². The molecule has 2 unspecified atom stereocenters. The van der Waals surface area contributed by atoms with Gasteiger partial charge in [-0.25, -0.2) is 22.3 Å². The van der Waals surface area contributed by atoms with Crippen LogP contribution in [0.5, 0.6) is 0 Å². The van der Waals surface area contributed by atoms with Crippen molar-refractivity contribution >= 4 is 57.8 Å². The maximum Gasteiger partial charge on any atom is 1.00 e. The van der Waals surface area contributed by atoms with Crippen molar-refractivity contribution in [2.45, 2.75) is 38.5 Å². The van der Waals surface area contributed by atoms with Gasteiger partial charge in [-0.2, -0.15) is 0 Å². The summed E-state index contributed by atoms with van der Waals surface area (Å²) in [5, 5.41) is 6.89. The Morgan fingerprint density at radius 3 is 1.84 bits per heavy atom. The van der Waals surface area contributed by atoms with E-state index in [1.165, 1.54) is 9.80 Å². The Bertz CT molecular complexity index is 1360. The van der Waals surface area contributed by atoms with Crippen LogP contribution in [0.2, 0.25) is 0 Å². The Morgan fingerprint density at radius 1 is 0.889 bits per heavy atom. The molecule has 0 saturated carbocycles. The van der Waals surface area contributed by atoms with E-state index in [-0.39, 0.29) is 86.0 Å². The molecule has 3 aliphatic heterocycles. The largest absolute Gasteiger partial charge is 1.00 e. The minimum atomic E-state index is -5.19. The molecule has 2 atom stereocenters. The molecule has 3 saturated heterocycles. The number of β-lactam (4-membered cyclic amide) rings is 1.